The van der Waals surface area contributed by atoms with Gasteiger partial charge in [-0.05, 0) is 37.3 Å². The first-order valence-corrected chi connectivity index (χ1v) is 6.85. The van der Waals surface area contributed by atoms with Gasteiger partial charge in [0.15, 0.2) is 0 Å². The van der Waals surface area contributed by atoms with E-state index in [0.29, 0.717) is 22.3 Å². The summed E-state index contributed by atoms with van der Waals surface area (Å²) in [5, 5.41) is 12.1. The maximum atomic E-state index is 11.5. The van der Waals surface area contributed by atoms with Crippen molar-refractivity contribution in [1.82, 2.24) is 4.98 Å². The van der Waals surface area contributed by atoms with Crippen LogP contribution in [0.3, 0.4) is 0 Å². The maximum Gasteiger partial charge on any atom is 0.119 e. The van der Waals surface area contributed by atoms with E-state index in [-0.39, 0.29) is 5.56 Å². The third-order valence-corrected chi connectivity index (χ3v) is 3.55. The van der Waals surface area contributed by atoms with Gasteiger partial charge in [0.25, 0.3) is 0 Å². The number of aromatic carboxylic acids is 1. The minimum atomic E-state index is -1.21. The molecule has 4 heteroatoms. The summed E-state index contributed by atoms with van der Waals surface area (Å²) < 4.78 is 5.20. The van der Waals surface area contributed by atoms with E-state index in [1.165, 1.54) is 0 Å². The van der Waals surface area contributed by atoms with Gasteiger partial charge >= 0.3 is 0 Å². The molecule has 0 amide bonds. The predicted octanol–water partition coefficient (Wildman–Crippen LogP) is 2.58. The predicted molar refractivity (Wildman–Crippen MR) is 82.8 cm³/mol. The second-order valence-electron chi connectivity index (χ2n) is 5.10. The van der Waals surface area contributed by atoms with Crippen LogP contribution in [0.15, 0.2) is 48.5 Å². The van der Waals surface area contributed by atoms with E-state index in [4.69, 9.17) is 4.74 Å². The van der Waals surface area contributed by atoms with Gasteiger partial charge in [0, 0.05) is 16.5 Å². The highest BCUT2D eigenvalue weighted by atomic mass is 16.5. The summed E-state index contributed by atoms with van der Waals surface area (Å²) in [6, 6.07) is 14.4. The molecule has 0 aliphatic rings. The first-order chi connectivity index (χ1) is 10.6. The molecule has 0 aliphatic carbocycles. The van der Waals surface area contributed by atoms with Crippen molar-refractivity contribution in [1.29, 1.82) is 0 Å². The van der Waals surface area contributed by atoms with Crippen LogP contribution in [0.5, 0.6) is 5.75 Å². The van der Waals surface area contributed by atoms with Gasteiger partial charge in [-0.15, -0.1) is 0 Å². The first kappa shape index (κ1) is 14.1. The number of fused-ring (bicyclic) bond motifs is 1. The SMILES string of the molecule is COc1cccc(-c2cc(C(=O)[O-])c3cc(C)ccc3n2)c1. The van der Waals surface area contributed by atoms with E-state index >= 15 is 0 Å². The first-order valence-electron chi connectivity index (χ1n) is 6.85. The van der Waals surface area contributed by atoms with Crippen molar-refractivity contribution in [2.75, 3.05) is 7.11 Å². The number of carbonyl (C=O) groups is 1. The number of hydrogen-bond acceptors (Lipinski definition) is 4. The van der Waals surface area contributed by atoms with E-state index in [1.807, 2.05) is 49.4 Å². The zero-order valence-corrected chi connectivity index (χ0v) is 12.3. The molecule has 3 rings (SSSR count). The fraction of sp³-hybridized carbons (Fsp3) is 0.111. The number of pyridine rings is 1. The Hall–Kier alpha value is -2.88. The van der Waals surface area contributed by atoms with Crippen LogP contribution in [0, 0.1) is 6.92 Å². The largest absolute Gasteiger partial charge is 0.545 e. The third kappa shape index (κ3) is 2.51. The minimum Gasteiger partial charge on any atom is -0.545 e. The van der Waals surface area contributed by atoms with Crippen LogP contribution in [-0.2, 0) is 0 Å². The molecule has 110 valence electrons. The Morgan fingerprint density at radius 1 is 1.14 bits per heavy atom. The number of nitrogens with zero attached hydrogens (tertiary/aromatic N) is 1. The van der Waals surface area contributed by atoms with Crippen LogP contribution in [0.4, 0.5) is 0 Å². The lowest BCUT2D eigenvalue weighted by Crippen LogP contribution is -2.22. The number of carboxylic acids is 1. The Bertz CT molecular complexity index is 871. The zero-order valence-electron chi connectivity index (χ0n) is 12.3. The van der Waals surface area contributed by atoms with Crippen LogP contribution >= 0.6 is 0 Å². The molecule has 2 aromatic carbocycles. The third-order valence-electron chi connectivity index (χ3n) is 3.55. The fourth-order valence-electron chi connectivity index (χ4n) is 2.44. The van der Waals surface area contributed by atoms with Crippen molar-refractivity contribution in [3.05, 3.63) is 59.7 Å². The van der Waals surface area contributed by atoms with Crippen LogP contribution in [0.25, 0.3) is 22.2 Å². The molecular weight excluding hydrogens is 278 g/mol. The van der Waals surface area contributed by atoms with Crippen LogP contribution in [0.1, 0.15) is 15.9 Å². The summed E-state index contributed by atoms with van der Waals surface area (Å²) in [6.45, 7) is 1.91. The molecule has 0 radical (unpaired) electrons. The topological polar surface area (TPSA) is 62.2 Å². The molecule has 3 aromatic rings. The molecule has 0 aliphatic heterocycles. The molecule has 4 nitrogen and oxygen atoms in total. The fourth-order valence-corrected chi connectivity index (χ4v) is 2.44. The van der Waals surface area contributed by atoms with Gasteiger partial charge in [-0.25, -0.2) is 4.98 Å². The minimum absolute atomic E-state index is 0.145. The second kappa shape index (κ2) is 5.48. The summed E-state index contributed by atoms with van der Waals surface area (Å²) in [7, 11) is 1.59. The lowest BCUT2D eigenvalue weighted by molar-refractivity contribution is -0.254. The zero-order chi connectivity index (χ0) is 15.7. The second-order valence-corrected chi connectivity index (χ2v) is 5.10. The summed E-state index contributed by atoms with van der Waals surface area (Å²) >= 11 is 0. The lowest BCUT2D eigenvalue weighted by Gasteiger charge is -2.12. The van der Waals surface area contributed by atoms with Gasteiger partial charge < -0.3 is 14.6 Å². The summed E-state index contributed by atoms with van der Waals surface area (Å²) in [5.41, 5.74) is 3.13. The Morgan fingerprint density at radius 3 is 2.68 bits per heavy atom. The smallest absolute Gasteiger partial charge is 0.119 e. The van der Waals surface area contributed by atoms with Crippen molar-refractivity contribution in [2.45, 2.75) is 6.92 Å². The quantitative estimate of drug-likeness (QED) is 0.744. The molecule has 1 heterocycles. The molecule has 0 bridgehead atoms. The van der Waals surface area contributed by atoms with Crippen molar-refractivity contribution >= 4 is 16.9 Å². The van der Waals surface area contributed by atoms with Crippen molar-refractivity contribution in [3.8, 4) is 17.0 Å². The van der Waals surface area contributed by atoms with Crippen LogP contribution in [0.2, 0.25) is 0 Å². The number of carboxylic acid groups (broad SMARTS) is 1. The Kier molecular flexibility index (Phi) is 3.51. The highest BCUT2D eigenvalue weighted by Gasteiger charge is 2.09. The normalized spacial score (nSPS) is 10.6. The Balaban J connectivity index is 2.26. The number of hydrogen-bond donors (Lipinski definition) is 0. The maximum absolute atomic E-state index is 11.5. The van der Waals surface area contributed by atoms with Crippen LogP contribution in [-0.4, -0.2) is 18.1 Å². The highest BCUT2D eigenvalue weighted by molar-refractivity contribution is 6.03. The summed E-state index contributed by atoms with van der Waals surface area (Å²) in [5.74, 6) is -0.513. The van der Waals surface area contributed by atoms with Gasteiger partial charge in [0.2, 0.25) is 0 Å². The van der Waals surface area contributed by atoms with Gasteiger partial charge in [0.05, 0.1) is 24.3 Å². The Morgan fingerprint density at radius 2 is 1.95 bits per heavy atom. The van der Waals surface area contributed by atoms with Gasteiger partial charge in [-0.2, -0.15) is 0 Å². The van der Waals surface area contributed by atoms with E-state index in [0.717, 1.165) is 11.1 Å². The molecule has 1 aromatic heterocycles. The molecular formula is C18H14NO3-. The molecule has 0 atom stereocenters. The molecule has 0 unspecified atom stereocenters. The van der Waals surface area contributed by atoms with E-state index < -0.39 is 5.97 Å². The Labute approximate surface area is 128 Å². The van der Waals surface area contributed by atoms with E-state index in [9.17, 15) is 9.90 Å². The van der Waals surface area contributed by atoms with Crippen molar-refractivity contribution < 1.29 is 14.6 Å². The van der Waals surface area contributed by atoms with Crippen molar-refractivity contribution in [3.63, 3.8) is 0 Å². The summed E-state index contributed by atoms with van der Waals surface area (Å²) in [4.78, 5) is 16.0. The van der Waals surface area contributed by atoms with Gasteiger partial charge in [-0.3, -0.25) is 0 Å². The van der Waals surface area contributed by atoms with Gasteiger partial charge in [-0.1, -0.05) is 23.8 Å². The number of carbonyl (C=O) groups excluding carboxylic acids is 1. The number of ether oxygens (including phenoxy) is 1. The average Bonchev–Trinajstić information content (AvgIpc) is 2.53. The molecule has 0 spiro atoms. The standard InChI is InChI=1S/C18H15NO3/c1-11-6-7-16-14(8-11)15(18(20)21)10-17(19-16)12-4-3-5-13(9-12)22-2/h3-10H,1-2H3,(H,20,21)/p-1. The molecule has 0 fully saturated rings. The molecule has 0 saturated carbocycles. The molecule has 0 saturated heterocycles. The number of rotatable bonds is 3. The van der Waals surface area contributed by atoms with Crippen LogP contribution < -0.4 is 9.84 Å². The molecule has 0 N–H and O–H groups in total. The average molecular weight is 292 g/mol. The number of methoxy groups -OCH3 is 1. The number of aromatic nitrogens is 1. The van der Waals surface area contributed by atoms with E-state index in [2.05, 4.69) is 4.98 Å². The summed E-state index contributed by atoms with van der Waals surface area (Å²) in [6.07, 6.45) is 0. The van der Waals surface area contributed by atoms with Gasteiger partial charge in [0.1, 0.15) is 5.75 Å². The monoisotopic (exact) mass is 292 g/mol. The lowest BCUT2D eigenvalue weighted by atomic mass is 10.0. The van der Waals surface area contributed by atoms with E-state index in [1.54, 1.807) is 13.2 Å². The number of benzene rings is 2. The van der Waals surface area contributed by atoms with Crippen molar-refractivity contribution in [2.24, 2.45) is 0 Å². The highest BCUT2D eigenvalue weighted by Crippen LogP contribution is 2.27. The molecule has 22 heavy (non-hydrogen) atoms. The number of aryl methyl sites for hydroxylation is 1.